The van der Waals surface area contributed by atoms with Crippen molar-refractivity contribution in [1.82, 2.24) is 14.9 Å². The molecular weight excluding hydrogens is 483 g/mol. The first kappa shape index (κ1) is 19.5. The number of aromatic nitrogens is 2. The fourth-order valence-electron chi connectivity index (χ4n) is 2.72. The highest BCUT2D eigenvalue weighted by atomic mass is 127. The van der Waals surface area contributed by atoms with Gasteiger partial charge in [0.25, 0.3) is 5.91 Å². The Hall–Kier alpha value is -2.31. The van der Waals surface area contributed by atoms with E-state index in [2.05, 4.69) is 15.3 Å². The summed E-state index contributed by atoms with van der Waals surface area (Å²) in [7, 11) is 0. The molecule has 0 bridgehead atoms. The Morgan fingerprint density at radius 2 is 1.96 bits per heavy atom. The molecule has 1 aliphatic rings. The highest BCUT2D eigenvalue weighted by Crippen LogP contribution is 2.40. The van der Waals surface area contributed by atoms with Crippen molar-refractivity contribution in [3.8, 4) is 0 Å². The molecule has 3 rings (SSSR count). The van der Waals surface area contributed by atoms with E-state index in [0.717, 1.165) is 17.3 Å². The van der Waals surface area contributed by atoms with Gasteiger partial charge in [0, 0.05) is 15.7 Å². The van der Waals surface area contributed by atoms with Crippen molar-refractivity contribution in [1.29, 1.82) is 0 Å². The van der Waals surface area contributed by atoms with Crippen molar-refractivity contribution >= 4 is 40.4 Å². The number of halogens is 5. The fourth-order valence-corrected chi connectivity index (χ4v) is 3.23. The Morgan fingerprint density at radius 3 is 2.59 bits per heavy atom. The van der Waals surface area contributed by atoms with Crippen LogP contribution < -0.4 is 5.32 Å². The normalized spacial score (nSPS) is 16.9. The van der Waals surface area contributed by atoms with Gasteiger partial charge in [-0.15, -0.1) is 0 Å². The molecular formula is C16H11F4IN4O2. The second-order valence-electron chi connectivity index (χ2n) is 5.78. The fraction of sp³-hybridized carbons (Fsp3) is 0.250. The lowest BCUT2D eigenvalue weighted by Crippen LogP contribution is -2.47. The third-order valence-corrected chi connectivity index (χ3v) is 4.58. The molecule has 0 aliphatic carbocycles. The molecule has 1 N–H and O–H groups in total. The Kier molecular flexibility index (Phi) is 5.31. The molecule has 27 heavy (non-hydrogen) atoms. The van der Waals surface area contributed by atoms with E-state index < -0.39 is 42.8 Å². The molecule has 11 heteroatoms. The summed E-state index contributed by atoms with van der Waals surface area (Å²) in [5, 5.41) is 2.22. The number of alkyl halides is 3. The van der Waals surface area contributed by atoms with E-state index in [1.807, 2.05) is 22.6 Å². The second-order valence-corrected chi connectivity index (χ2v) is 7.03. The summed E-state index contributed by atoms with van der Waals surface area (Å²) in [6, 6.07) is 4.18. The van der Waals surface area contributed by atoms with Gasteiger partial charge < -0.3 is 4.90 Å². The lowest BCUT2D eigenvalue weighted by molar-refractivity contribution is -0.155. The highest BCUT2D eigenvalue weighted by molar-refractivity contribution is 14.1. The van der Waals surface area contributed by atoms with Gasteiger partial charge in [0.2, 0.25) is 11.9 Å². The van der Waals surface area contributed by atoms with Crippen molar-refractivity contribution in [2.24, 2.45) is 0 Å². The van der Waals surface area contributed by atoms with E-state index in [9.17, 15) is 27.2 Å². The van der Waals surface area contributed by atoms with Crippen LogP contribution in [0.4, 0.5) is 23.5 Å². The number of nitrogens with zero attached hydrogens (tertiary/aromatic N) is 3. The van der Waals surface area contributed by atoms with Crippen molar-refractivity contribution in [2.75, 3.05) is 18.4 Å². The van der Waals surface area contributed by atoms with Crippen LogP contribution in [0.15, 0.2) is 30.6 Å². The summed E-state index contributed by atoms with van der Waals surface area (Å²) in [6.45, 7) is -1.29. The first-order valence-electron chi connectivity index (χ1n) is 7.58. The predicted octanol–water partition coefficient (Wildman–Crippen LogP) is 2.96. The summed E-state index contributed by atoms with van der Waals surface area (Å²) in [6.07, 6.45) is -2.92. The molecule has 1 unspecified atom stereocenters. The molecule has 0 saturated carbocycles. The van der Waals surface area contributed by atoms with Crippen LogP contribution in [0.2, 0.25) is 0 Å². The van der Waals surface area contributed by atoms with E-state index in [4.69, 9.17) is 0 Å². The lowest BCUT2D eigenvalue weighted by Gasteiger charge is -2.35. The zero-order chi connectivity index (χ0) is 19.8. The van der Waals surface area contributed by atoms with Gasteiger partial charge in [-0.3, -0.25) is 14.9 Å². The van der Waals surface area contributed by atoms with Crippen molar-refractivity contribution in [3.63, 3.8) is 0 Å². The van der Waals surface area contributed by atoms with Crippen LogP contribution in [-0.2, 0) is 4.79 Å². The summed E-state index contributed by atoms with van der Waals surface area (Å²) in [5.74, 6) is -4.27. The number of fused-ring (bicyclic) bond motifs is 1. The van der Waals surface area contributed by atoms with Crippen LogP contribution in [-0.4, -0.2) is 45.9 Å². The van der Waals surface area contributed by atoms with Gasteiger partial charge in [-0.2, -0.15) is 13.2 Å². The first-order valence-corrected chi connectivity index (χ1v) is 8.66. The third kappa shape index (κ3) is 4.34. The second kappa shape index (κ2) is 7.37. The maximum absolute atomic E-state index is 13.5. The molecule has 2 aromatic rings. The summed E-state index contributed by atoms with van der Waals surface area (Å²) in [4.78, 5) is 32.5. The minimum atomic E-state index is -4.57. The van der Waals surface area contributed by atoms with Crippen molar-refractivity contribution in [2.45, 2.75) is 12.1 Å². The molecule has 0 radical (unpaired) electrons. The number of benzene rings is 1. The number of carbonyl (C=O) groups excluding carboxylic acids is 2. The van der Waals surface area contributed by atoms with Gasteiger partial charge in [-0.25, -0.2) is 14.4 Å². The first-order chi connectivity index (χ1) is 12.6. The number of carbonyl (C=O) groups is 2. The average molecular weight is 494 g/mol. The molecule has 2 heterocycles. The number of nitrogens with one attached hydrogen (secondary N) is 1. The van der Waals surface area contributed by atoms with Crippen LogP contribution in [0.1, 0.15) is 21.8 Å². The van der Waals surface area contributed by atoms with Crippen LogP contribution in [0.25, 0.3) is 0 Å². The summed E-state index contributed by atoms with van der Waals surface area (Å²) < 4.78 is 53.8. The van der Waals surface area contributed by atoms with Gasteiger partial charge >= 0.3 is 6.18 Å². The minimum Gasteiger partial charge on any atom is -0.328 e. The monoisotopic (exact) mass is 494 g/mol. The third-order valence-electron chi connectivity index (χ3n) is 3.91. The molecule has 1 aliphatic heterocycles. The Bertz CT molecular complexity index is 889. The molecule has 1 atom stereocenters. The topological polar surface area (TPSA) is 75.2 Å². The maximum Gasteiger partial charge on any atom is 0.397 e. The van der Waals surface area contributed by atoms with Crippen LogP contribution in [0.3, 0.4) is 0 Å². The van der Waals surface area contributed by atoms with Crippen LogP contribution >= 0.6 is 22.6 Å². The Labute approximate surface area is 164 Å². The molecule has 1 aromatic carbocycles. The molecule has 0 saturated heterocycles. The number of amides is 2. The largest absolute Gasteiger partial charge is 0.397 e. The minimum absolute atomic E-state index is 0.0881. The predicted molar refractivity (Wildman–Crippen MR) is 94.5 cm³/mol. The van der Waals surface area contributed by atoms with Crippen molar-refractivity contribution in [3.05, 3.63) is 51.1 Å². The highest BCUT2D eigenvalue weighted by Gasteiger charge is 2.47. The standard InChI is InChI=1S/C16H11F4IN4O2/c17-8-4-22-15(23-5-8)24-13(26)7-25-6-12(16(18,19)20)11-3-9(21)1-2-10(11)14(25)27/h1-5,12H,6-7H2,(H,22,23,24,26). The molecule has 142 valence electrons. The number of anilines is 1. The molecule has 1 aromatic heterocycles. The zero-order valence-electron chi connectivity index (χ0n) is 13.4. The average Bonchev–Trinajstić information content (AvgIpc) is 2.58. The maximum atomic E-state index is 13.5. The van der Waals surface area contributed by atoms with Crippen LogP contribution in [0, 0.1) is 9.39 Å². The van der Waals surface area contributed by atoms with E-state index >= 15 is 0 Å². The smallest absolute Gasteiger partial charge is 0.328 e. The van der Waals surface area contributed by atoms with E-state index in [-0.39, 0.29) is 17.1 Å². The van der Waals surface area contributed by atoms with E-state index in [1.54, 1.807) is 0 Å². The van der Waals surface area contributed by atoms with Gasteiger partial charge in [0.15, 0.2) is 5.82 Å². The molecule has 2 amide bonds. The Balaban J connectivity index is 1.81. The molecule has 0 fully saturated rings. The number of rotatable bonds is 3. The molecule has 6 nitrogen and oxygen atoms in total. The zero-order valence-corrected chi connectivity index (χ0v) is 15.6. The Morgan fingerprint density at radius 1 is 1.30 bits per heavy atom. The van der Waals surface area contributed by atoms with Gasteiger partial charge in [-0.1, -0.05) is 0 Å². The summed E-state index contributed by atoms with van der Waals surface area (Å²) in [5.41, 5.74) is -0.187. The van der Waals surface area contributed by atoms with Gasteiger partial charge in [0.05, 0.1) is 18.3 Å². The lowest BCUT2D eigenvalue weighted by atomic mass is 9.88. The summed E-state index contributed by atoms with van der Waals surface area (Å²) >= 11 is 1.87. The van der Waals surface area contributed by atoms with Gasteiger partial charge in [0.1, 0.15) is 6.54 Å². The van der Waals surface area contributed by atoms with Crippen molar-refractivity contribution < 1.29 is 27.2 Å². The molecule has 0 spiro atoms. The van der Waals surface area contributed by atoms with E-state index in [1.165, 1.54) is 18.2 Å². The number of hydrogen-bond acceptors (Lipinski definition) is 4. The van der Waals surface area contributed by atoms with E-state index in [0.29, 0.717) is 3.57 Å². The van der Waals surface area contributed by atoms with Crippen LogP contribution in [0.5, 0.6) is 0 Å². The van der Waals surface area contributed by atoms with Gasteiger partial charge in [-0.05, 0) is 46.4 Å². The quantitative estimate of drug-likeness (QED) is 0.526. The SMILES string of the molecule is O=C(CN1CC(C(F)(F)F)c2cc(I)ccc2C1=O)Nc1ncc(F)cn1. The number of hydrogen-bond donors (Lipinski definition) is 1.